The van der Waals surface area contributed by atoms with Crippen LogP contribution in [-0.4, -0.2) is 42.4 Å². The predicted molar refractivity (Wildman–Crippen MR) is 38.7 cm³/mol. The van der Waals surface area contributed by atoms with Crippen molar-refractivity contribution in [3.8, 4) is 0 Å². The standard InChI is InChI=1S/C7H13NO3/c1-8(2)5-3-4-6(8)7(9)11-10/h6H,3-5H2,1-2H3/p+1. The van der Waals surface area contributed by atoms with Crippen molar-refractivity contribution in [2.45, 2.75) is 18.9 Å². The third kappa shape index (κ3) is 1.52. The van der Waals surface area contributed by atoms with E-state index in [-0.39, 0.29) is 6.04 Å². The highest BCUT2D eigenvalue weighted by Crippen LogP contribution is 2.22. The molecule has 0 amide bonds. The van der Waals surface area contributed by atoms with Gasteiger partial charge in [0.05, 0.1) is 20.6 Å². The first kappa shape index (κ1) is 8.49. The molecule has 1 heterocycles. The first-order valence-corrected chi connectivity index (χ1v) is 3.76. The molecule has 1 aliphatic rings. The first-order chi connectivity index (χ1) is 5.08. The van der Waals surface area contributed by atoms with E-state index in [0.29, 0.717) is 4.48 Å². The number of rotatable bonds is 1. The smallest absolute Gasteiger partial charge is 0.317 e. The van der Waals surface area contributed by atoms with Crippen LogP contribution in [0.15, 0.2) is 0 Å². The Balaban J connectivity index is 2.64. The molecule has 4 heteroatoms. The molecule has 0 spiro atoms. The number of hydrogen-bond donors (Lipinski definition) is 1. The maximum Gasteiger partial charge on any atom is 0.398 e. The van der Waals surface area contributed by atoms with Crippen molar-refractivity contribution in [1.82, 2.24) is 0 Å². The van der Waals surface area contributed by atoms with E-state index in [2.05, 4.69) is 4.89 Å². The van der Waals surface area contributed by atoms with E-state index in [1.165, 1.54) is 0 Å². The number of quaternary nitrogens is 1. The number of likely N-dealkylation sites (N-methyl/N-ethyl adjacent to an activating group) is 1. The molecule has 0 aromatic rings. The van der Waals surface area contributed by atoms with Crippen LogP contribution in [0.2, 0.25) is 0 Å². The van der Waals surface area contributed by atoms with Crippen molar-refractivity contribution in [2.24, 2.45) is 0 Å². The molecule has 11 heavy (non-hydrogen) atoms. The highest BCUT2D eigenvalue weighted by molar-refractivity contribution is 5.74. The second-order valence-corrected chi connectivity index (χ2v) is 3.57. The summed E-state index contributed by atoms with van der Waals surface area (Å²) in [6.45, 7) is 0.972. The summed E-state index contributed by atoms with van der Waals surface area (Å²) in [7, 11) is 3.93. The summed E-state index contributed by atoms with van der Waals surface area (Å²) < 4.78 is 0.624. The zero-order chi connectivity index (χ0) is 8.48. The Morgan fingerprint density at radius 3 is 2.64 bits per heavy atom. The summed E-state index contributed by atoms with van der Waals surface area (Å²) >= 11 is 0. The lowest BCUT2D eigenvalue weighted by Crippen LogP contribution is -2.48. The second-order valence-electron chi connectivity index (χ2n) is 3.57. The molecule has 1 aliphatic heterocycles. The molecule has 4 nitrogen and oxygen atoms in total. The lowest BCUT2D eigenvalue weighted by molar-refractivity contribution is -0.894. The van der Waals surface area contributed by atoms with E-state index in [1.807, 2.05) is 14.1 Å². The van der Waals surface area contributed by atoms with Gasteiger partial charge in [-0.15, -0.1) is 0 Å². The van der Waals surface area contributed by atoms with Crippen LogP contribution < -0.4 is 0 Å². The van der Waals surface area contributed by atoms with Gasteiger partial charge in [0.15, 0.2) is 6.04 Å². The third-order valence-electron chi connectivity index (χ3n) is 2.42. The minimum atomic E-state index is -0.507. The predicted octanol–water partition coefficient (Wildman–Crippen LogP) is 0.241. The number of likely N-dealkylation sites (tertiary alicyclic amines) is 1. The molecule has 0 aliphatic carbocycles. The topological polar surface area (TPSA) is 46.5 Å². The highest BCUT2D eigenvalue weighted by atomic mass is 17.1. The van der Waals surface area contributed by atoms with E-state index >= 15 is 0 Å². The van der Waals surface area contributed by atoms with Crippen LogP contribution in [0.4, 0.5) is 0 Å². The fraction of sp³-hybridized carbons (Fsp3) is 0.857. The van der Waals surface area contributed by atoms with Crippen molar-refractivity contribution < 1.29 is 19.4 Å². The van der Waals surface area contributed by atoms with E-state index in [0.717, 1.165) is 19.4 Å². The third-order valence-corrected chi connectivity index (χ3v) is 2.42. The van der Waals surface area contributed by atoms with Gasteiger partial charge in [0, 0.05) is 12.8 Å². The normalized spacial score (nSPS) is 28.5. The van der Waals surface area contributed by atoms with Gasteiger partial charge in [-0.25, -0.2) is 4.79 Å². The molecule has 0 radical (unpaired) electrons. The van der Waals surface area contributed by atoms with Crippen molar-refractivity contribution in [3.63, 3.8) is 0 Å². The van der Waals surface area contributed by atoms with E-state index in [9.17, 15) is 4.79 Å². The van der Waals surface area contributed by atoms with Crippen molar-refractivity contribution in [3.05, 3.63) is 0 Å². The van der Waals surface area contributed by atoms with Crippen molar-refractivity contribution in [1.29, 1.82) is 0 Å². The number of carbonyl (C=O) groups excluding carboxylic acids is 1. The summed E-state index contributed by atoms with van der Waals surface area (Å²) in [6, 6.07) is -0.181. The van der Waals surface area contributed by atoms with Gasteiger partial charge < -0.3 is 4.48 Å². The maximum atomic E-state index is 10.9. The molecule has 1 rings (SSSR count). The number of nitrogens with zero attached hydrogens (tertiary/aromatic N) is 1. The molecule has 0 aromatic carbocycles. The minimum absolute atomic E-state index is 0.181. The largest absolute Gasteiger partial charge is 0.398 e. The molecule has 1 fully saturated rings. The Morgan fingerprint density at radius 1 is 1.64 bits per heavy atom. The SMILES string of the molecule is C[N+]1(C)CCCC1C(=O)OO. The summed E-state index contributed by atoms with van der Waals surface area (Å²) in [4.78, 5) is 14.7. The lowest BCUT2D eigenvalue weighted by Gasteiger charge is -2.28. The van der Waals surface area contributed by atoms with E-state index < -0.39 is 5.97 Å². The van der Waals surface area contributed by atoms with Crippen LogP contribution >= 0.6 is 0 Å². The highest BCUT2D eigenvalue weighted by Gasteiger charge is 2.41. The summed E-state index contributed by atoms with van der Waals surface area (Å²) in [5.74, 6) is -0.507. The van der Waals surface area contributed by atoms with Gasteiger partial charge in [-0.1, -0.05) is 0 Å². The molecule has 0 saturated carbocycles. The van der Waals surface area contributed by atoms with Crippen LogP contribution in [0.3, 0.4) is 0 Å². The Morgan fingerprint density at radius 2 is 2.27 bits per heavy atom. The number of hydrogen-bond acceptors (Lipinski definition) is 3. The minimum Gasteiger partial charge on any atom is -0.317 e. The molecule has 0 aromatic heterocycles. The molecule has 1 N–H and O–H groups in total. The Bertz CT molecular complexity index is 167. The summed E-state index contributed by atoms with van der Waals surface area (Å²) in [5.41, 5.74) is 0. The average molecular weight is 160 g/mol. The van der Waals surface area contributed by atoms with Crippen molar-refractivity contribution in [2.75, 3.05) is 20.6 Å². The van der Waals surface area contributed by atoms with E-state index in [1.54, 1.807) is 0 Å². The van der Waals surface area contributed by atoms with Gasteiger partial charge in [0.2, 0.25) is 0 Å². The van der Waals surface area contributed by atoms with Crippen LogP contribution in [0.5, 0.6) is 0 Å². The fourth-order valence-corrected chi connectivity index (χ4v) is 1.66. The Hall–Kier alpha value is -0.610. The molecular weight excluding hydrogens is 146 g/mol. The van der Waals surface area contributed by atoms with Gasteiger partial charge in [0.1, 0.15) is 0 Å². The lowest BCUT2D eigenvalue weighted by atomic mass is 10.2. The summed E-state index contributed by atoms with van der Waals surface area (Å²) in [5, 5.41) is 8.17. The first-order valence-electron chi connectivity index (χ1n) is 3.76. The van der Waals surface area contributed by atoms with Gasteiger partial charge in [-0.05, 0) is 0 Å². The maximum absolute atomic E-state index is 10.9. The van der Waals surface area contributed by atoms with Gasteiger partial charge in [0.25, 0.3) is 0 Å². The monoisotopic (exact) mass is 160 g/mol. The molecular formula is C7H14NO3+. The van der Waals surface area contributed by atoms with Crippen LogP contribution in [0.1, 0.15) is 12.8 Å². The molecule has 1 atom stereocenters. The molecule has 1 saturated heterocycles. The van der Waals surface area contributed by atoms with Crippen LogP contribution in [0, 0.1) is 0 Å². The molecule has 1 unspecified atom stereocenters. The van der Waals surface area contributed by atoms with Crippen molar-refractivity contribution >= 4 is 5.97 Å². The zero-order valence-electron chi connectivity index (χ0n) is 6.91. The van der Waals surface area contributed by atoms with Gasteiger partial charge in [-0.3, -0.25) is 4.89 Å². The average Bonchev–Trinajstić information content (AvgIpc) is 2.28. The second kappa shape index (κ2) is 2.79. The quantitative estimate of drug-likeness (QED) is 0.339. The molecule has 0 bridgehead atoms. The fourth-order valence-electron chi connectivity index (χ4n) is 1.66. The number of carbonyl (C=O) groups is 1. The van der Waals surface area contributed by atoms with Crippen LogP contribution in [-0.2, 0) is 9.68 Å². The van der Waals surface area contributed by atoms with Gasteiger partial charge in [-0.2, -0.15) is 5.26 Å². The van der Waals surface area contributed by atoms with Gasteiger partial charge >= 0.3 is 5.97 Å². The van der Waals surface area contributed by atoms with Crippen LogP contribution in [0.25, 0.3) is 0 Å². The zero-order valence-corrected chi connectivity index (χ0v) is 6.91. The Kier molecular flexibility index (Phi) is 2.15. The Labute approximate surface area is 65.9 Å². The summed E-state index contributed by atoms with van der Waals surface area (Å²) in [6.07, 6.45) is 1.83. The van der Waals surface area contributed by atoms with E-state index in [4.69, 9.17) is 5.26 Å². The molecule has 64 valence electrons.